The molecule has 3 heterocycles. The molecule has 2 aromatic rings. The second-order valence-electron chi connectivity index (χ2n) is 7.53. The molecule has 158 valence electrons. The van der Waals surface area contributed by atoms with Crippen LogP contribution in [-0.2, 0) is 16.6 Å². The third-order valence-corrected chi connectivity index (χ3v) is 5.77. The van der Waals surface area contributed by atoms with Crippen LogP contribution in [0.1, 0.15) is 35.5 Å². The first-order valence-electron chi connectivity index (χ1n) is 8.76. The SMILES string of the molecule is CC1(C)Cc2cnc(N)nc2-c2n[nH]c(C(=O)NC3NC(C(F)(F)C(=O)O)=CS3)c21. The van der Waals surface area contributed by atoms with Gasteiger partial charge in [-0.25, -0.2) is 14.8 Å². The number of nitrogens with zero attached hydrogens (tertiary/aromatic N) is 3. The normalized spacial score (nSPS) is 19.3. The number of nitrogen functional groups attached to an aromatic ring is 1. The van der Waals surface area contributed by atoms with Gasteiger partial charge in [0, 0.05) is 17.2 Å². The molecular weight excluding hydrogens is 420 g/mol. The molecule has 0 fully saturated rings. The number of carboxylic acid groups (broad SMARTS) is 1. The second kappa shape index (κ2) is 6.65. The number of H-pyrrole nitrogens is 1. The summed E-state index contributed by atoms with van der Waals surface area (Å²) >= 11 is 0.828. The number of amides is 1. The zero-order chi connectivity index (χ0) is 21.8. The first-order chi connectivity index (χ1) is 14.0. The zero-order valence-electron chi connectivity index (χ0n) is 15.8. The van der Waals surface area contributed by atoms with Crippen molar-refractivity contribution >= 4 is 29.6 Å². The van der Waals surface area contributed by atoms with Gasteiger partial charge in [-0.2, -0.15) is 13.9 Å². The van der Waals surface area contributed by atoms with Gasteiger partial charge < -0.3 is 21.5 Å². The number of nitrogens with one attached hydrogen (secondary N) is 3. The Morgan fingerprint density at radius 2 is 2.13 bits per heavy atom. The number of fused-ring (bicyclic) bond motifs is 3. The van der Waals surface area contributed by atoms with Crippen LogP contribution < -0.4 is 16.4 Å². The minimum absolute atomic E-state index is 0.0814. The van der Waals surface area contributed by atoms with E-state index < -0.39 is 34.4 Å². The van der Waals surface area contributed by atoms with E-state index in [2.05, 4.69) is 30.8 Å². The first-order valence-corrected chi connectivity index (χ1v) is 9.70. The van der Waals surface area contributed by atoms with E-state index in [0.717, 1.165) is 22.7 Å². The Morgan fingerprint density at radius 3 is 2.83 bits per heavy atom. The standard InChI is InChI=1S/C17H17F2N7O3S/c1-16(2)3-6-4-21-14(20)23-9(6)10-8(16)11(26-25-10)12(27)24-15-22-7(5-30-15)17(18,19)13(28)29/h4-5,15,22H,3H2,1-2H3,(H,24,27)(H,25,26)(H,28,29)(H2,20,21,23). The third kappa shape index (κ3) is 3.14. The van der Waals surface area contributed by atoms with Crippen LogP contribution in [0.2, 0.25) is 0 Å². The van der Waals surface area contributed by atoms with Crippen LogP contribution in [0.4, 0.5) is 14.7 Å². The molecule has 30 heavy (non-hydrogen) atoms. The Labute approximate surface area is 172 Å². The van der Waals surface area contributed by atoms with E-state index >= 15 is 0 Å². The second-order valence-corrected chi connectivity index (χ2v) is 8.51. The lowest BCUT2D eigenvalue weighted by atomic mass is 9.73. The van der Waals surface area contributed by atoms with Gasteiger partial charge in [0.2, 0.25) is 5.95 Å². The summed E-state index contributed by atoms with van der Waals surface area (Å²) in [6.45, 7) is 3.88. The van der Waals surface area contributed by atoms with Crippen LogP contribution in [0.15, 0.2) is 17.3 Å². The van der Waals surface area contributed by atoms with Crippen molar-refractivity contribution in [1.82, 2.24) is 30.8 Å². The number of nitrogens with two attached hydrogens (primary N) is 1. The first kappa shape index (κ1) is 20.1. The number of alkyl halides is 2. The number of anilines is 1. The summed E-state index contributed by atoms with van der Waals surface area (Å²) < 4.78 is 27.3. The number of carbonyl (C=O) groups is 2. The Balaban J connectivity index is 1.59. The number of carboxylic acids is 1. The maximum Gasteiger partial charge on any atom is 0.382 e. The molecule has 0 radical (unpaired) electrons. The molecule has 0 bridgehead atoms. The van der Waals surface area contributed by atoms with Crippen LogP contribution in [0, 0.1) is 0 Å². The van der Waals surface area contributed by atoms with Crippen LogP contribution >= 0.6 is 11.8 Å². The molecule has 1 aliphatic carbocycles. The lowest BCUT2D eigenvalue weighted by molar-refractivity contribution is -0.159. The summed E-state index contributed by atoms with van der Waals surface area (Å²) in [4.78, 5) is 31.8. The summed E-state index contributed by atoms with van der Waals surface area (Å²) in [5.41, 5.74) is 6.09. The molecule has 1 aliphatic heterocycles. The number of aromatic nitrogens is 4. The smallest absolute Gasteiger partial charge is 0.382 e. The van der Waals surface area contributed by atoms with Gasteiger partial charge >= 0.3 is 11.9 Å². The van der Waals surface area contributed by atoms with E-state index in [1.807, 2.05) is 13.8 Å². The van der Waals surface area contributed by atoms with Gasteiger partial charge in [0.15, 0.2) is 5.50 Å². The summed E-state index contributed by atoms with van der Waals surface area (Å²) in [6, 6.07) is 0. The highest BCUT2D eigenvalue weighted by molar-refractivity contribution is 8.02. The van der Waals surface area contributed by atoms with E-state index in [0.29, 0.717) is 23.4 Å². The van der Waals surface area contributed by atoms with E-state index in [1.54, 1.807) is 6.20 Å². The van der Waals surface area contributed by atoms with E-state index in [4.69, 9.17) is 10.8 Å². The number of rotatable bonds is 4. The van der Waals surface area contributed by atoms with Gasteiger partial charge in [0.05, 0.1) is 5.69 Å². The number of aliphatic carboxylic acids is 1. The molecule has 10 nitrogen and oxygen atoms in total. The molecule has 4 rings (SSSR count). The van der Waals surface area contributed by atoms with Gasteiger partial charge in [-0.05, 0) is 17.4 Å². The predicted octanol–water partition coefficient (Wildman–Crippen LogP) is 1.19. The summed E-state index contributed by atoms with van der Waals surface area (Å²) in [5, 5.41) is 21.4. The van der Waals surface area contributed by atoms with Crippen molar-refractivity contribution in [2.75, 3.05) is 5.73 Å². The number of aromatic amines is 1. The minimum Gasteiger partial charge on any atom is -0.476 e. The van der Waals surface area contributed by atoms with E-state index in [-0.39, 0.29) is 11.6 Å². The lowest BCUT2D eigenvalue weighted by Crippen LogP contribution is -2.45. The maximum atomic E-state index is 13.6. The van der Waals surface area contributed by atoms with Gasteiger partial charge in [-0.3, -0.25) is 9.89 Å². The highest BCUT2D eigenvalue weighted by atomic mass is 32.2. The number of halogens is 2. The van der Waals surface area contributed by atoms with Crippen molar-refractivity contribution in [3.8, 4) is 11.4 Å². The summed E-state index contributed by atoms with van der Waals surface area (Å²) in [6.07, 6.45) is 2.17. The number of hydrogen-bond acceptors (Lipinski definition) is 8. The Hall–Kier alpha value is -3.22. The molecule has 0 spiro atoms. The summed E-state index contributed by atoms with van der Waals surface area (Å²) in [7, 11) is 0. The topological polar surface area (TPSA) is 159 Å². The number of hydrogen-bond donors (Lipinski definition) is 5. The molecule has 13 heteroatoms. The fourth-order valence-corrected chi connectivity index (χ4v) is 4.40. The molecule has 0 aromatic carbocycles. The van der Waals surface area contributed by atoms with Crippen LogP contribution in [0.25, 0.3) is 11.4 Å². The van der Waals surface area contributed by atoms with Crippen LogP contribution in [-0.4, -0.2) is 48.6 Å². The van der Waals surface area contributed by atoms with Gasteiger partial charge in [-0.1, -0.05) is 25.6 Å². The summed E-state index contributed by atoms with van der Waals surface area (Å²) in [5.74, 6) is -6.86. The average Bonchev–Trinajstić information content (AvgIpc) is 3.30. The molecule has 2 aliphatic rings. The van der Waals surface area contributed by atoms with Crippen LogP contribution in [0.5, 0.6) is 0 Å². The van der Waals surface area contributed by atoms with Crippen molar-refractivity contribution < 1.29 is 23.5 Å². The van der Waals surface area contributed by atoms with Crippen molar-refractivity contribution in [3.05, 3.63) is 34.1 Å². The average molecular weight is 437 g/mol. The molecule has 1 atom stereocenters. The largest absolute Gasteiger partial charge is 0.476 e. The molecule has 1 unspecified atom stereocenters. The quantitative estimate of drug-likeness (QED) is 0.473. The Bertz CT molecular complexity index is 1100. The number of carbonyl (C=O) groups excluding carboxylic acids is 1. The number of thioether (sulfide) groups is 1. The lowest BCUT2D eigenvalue weighted by Gasteiger charge is -2.31. The van der Waals surface area contributed by atoms with E-state index in [1.165, 1.54) is 0 Å². The van der Waals surface area contributed by atoms with Crippen molar-refractivity contribution in [2.24, 2.45) is 0 Å². The molecule has 1 amide bonds. The van der Waals surface area contributed by atoms with Gasteiger partial charge in [-0.15, -0.1) is 0 Å². The fraction of sp³-hybridized carbons (Fsp3) is 0.353. The van der Waals surface area contributed by atoms with Gasteiger partial charge in [0.1, 0.15) is 17.1 Å². The highest BCUT2D eigenvalue weighted by Gasteiger charge is 2.46. The monoisotopic (exact) mass is 437 g/mol. The van der Waals surface area contributed by atoms with E-state index in [9.17, 15) is 18.4 Å². The molecule has 0 saturated carbocycles. The zero-order valence-corrected chi connectivity index (χ0v) is 16.6. The van der Waals surface area contributed by atoms with Crippen molar-refractivity contribution in [1.29, 1.82) is 0 Å². The Morgan fingerprint density at radius 1 is 1.40 bits per heavy atom. The van der Waals surface area contributed by atoms with Crippen molar-refractivity contribution in [3.63, 3.8) is 0 Å². The van der Waals surface area contributed by atoms with Gasteiger partial charge in [0.25, 0.3) is 5.91 Å². The molecule has 0 saturated heterocycles. The predicted molar refractivity (Wildman–Crippen MR) is 103 cm³/mol. The molecular formula is C17H17F2N7O3S. The maximum absolute atomic E-state index is 13.6. The van der Waals surface area contributed by atoms with Crippen LogP contribution in [0.3, 0.4) is 0 Å². The Kier molecular flexibility index (Phi) is 4.45. The third-order valence-electron chi connectivity index (χ3n) is 4.89. The minimum atomic E-state index is -4.08. The highest BCUT2D eigenvalue weighted by Crippen LogP contribution is 2.42. The molecule has 6 N–H and O–H groups in total. The van der Waals surface area contributed by atoms with Crippen molar-refractivity contribution in [2.45, 2.75) is 37.1 Å². The fourth-order valence-electron chi connectivity index (χ4n) is 3.54. The molecule has 2 aromatic heterocycles.